The highest BCUT2D eigenvalue weighted by molar-refractivity contribution is 9.10. The van der Waals surface area contributed by atoms with Gasteiger partial charge in [-0.3, -0.25) is 0 Å². The van der Waals surface area contributed by atoms with Crippen LogP contribution in [0, 0.1) is 11.2 Å². The van der Waals surface area contributed by atoms with Gasteiger partial charge in [0.05, 0.1) is 0 Å². The topological polar surface area (TPSA) is 9.23 Å². The lowest BCUT2D eigenvalue weighted by Crippen LogP contribution is -2.53. The van der Waals surface area contributed by atoms with Crippen molar-refractivity contribution >= 4 is 31.9 Å². The first-order valence-corrected chi connectivity index (χ1v) is 6.88. The van der Waals surface area contributed by atoms with Crippen LogP contribution in [0.15, 0.2) is 22.7 Å². The van der Waals surface area contributed by atoms with Gasteiger partial charge in [-0.25, -0.2) is 4.39 Å². The largest absolute Gasteiger partial charge is 0.487 e. The van der Waals surface area contributed by atoms with E-state index in [1.165, 1.54) is 6.07 Å². The molecule has 16 heavy (non-hydrogen) atoms. The van der Waals surface area contributed by atoms with Crippen molar-refractivity contribution in [3.8, 4) is 5.75 Å². The third kappa shape index (κ3) is 2.14. The van der Waals surface area contributed by atoms with Gasteiger partial charge in [0.2, 0.25) is 0 Å². The molecule has 2 atom stereocenters. The second kappa shape index (κ2) is 4.30. The lowest BCUT2D eigenvalue weighted by molar-refractivity contribution is -0.0102. The SMILES string of the molecule is CC1(C)C(Br)CC1Oc1cc(Br)ccc1F. The predicted molar refractivity (Wildman–Crippen MR) is 69.6 cm³/mol. The van der Waals surface area contributed by atoms with Crippen LogP contribution in [0.2, 0.25) is 0 Å². The number of halogens is 3. The van der Waals surface area contributed by atoms with E-state index in [0.717, 1.165) is 10.9 Å². The number of rotatable bonds is 2. The number of ether oxygens (including phenoxy) is 1. The molecule has 2 unspecified atom stereocenters. The van der Waals surface area contributed by atoms with Crippen molar-refractivity contribution in [3.63, 3.8) is 0 Å². The summed E-state index contributed by atoms with van der Waals surface area (Å²) < 4.78 is 20.0. The molecule has 1 saturated carbocycles. The van der Waals surface area contributed by atoms with Gasteiger partial charge in [-0.1, -0.05) is 45.7 Å². The van der Waals surface area contributed by atoms with Gasteiger partial charge in [0, 0.05) is 14.7 Å². The van der Waals surface area contributed by atoms with Crippen molar-refractivity contribution in [1.82, 2.24) is 0 Å². The Bertz CT molecular complexity index is 406. The molecule has 1 aliphatic carbocycles. The summed E-state index contributed by atoms with van der Waals surface area (Å²) in [5.41, 5.74) is 0.0504. The van der Waals surface area contributed by atoms with E-state index in [-0.39, 0.29) is 17.3 Å². The van der Waals surface area contributed by atoms with E-state index in [4.69, 9.17) is 4.74 Å². The van der Waals surface area contributed by atoms with Crippen LogP contribution in [0.3, 0.4) is 0 Å². The highest BCUT2D eigenvalue weighted by Gasteiger charge is 2.48. The molecule has 0 aliphatic heterocycles. The van der Waals surface area contributed by atoms with Crippen LogP contribution in [0.4, 0.5) is 4.39 Å². The minimum Gasteiger partial charge on any atom is -0.487 e. The van der Waals surface area contributed by atoms with Gasteiger partial charge >= 0.3 is 0 Å². The van der Waals surface area contributed by atoms with Gasteiger partial charge in [-0.05, 0) is 24.6 Å². The molecule has 1 fully saturated rings. The molecule has 0 amide bonds. The quantitative estimate of drug-likeness (QED) is 0.711. The van der Waals surface area contributed by atoms with E-state index in [9.17, 15) is 4.39 Å². The van der Waals surface area contributed by atoms with Gasteiger partial charge in [0.25, 0.3) is 0 Å². The molecule has 2 rings (SSSR count). The molecule has 0 radical (unpaired) electrons. The van der Waals surface area contributed by atoms with Crippen LogP contribution in [-0.4, -0.2) is 10.9 Å². The van der Waals surface area contributed by atoms with Crippen molar-refractivity contribution in [2.24, 2.45) is 5.41 Å². The van der Waals surface area contributed by atoms with Gasteiger partial charge in [-0.2, -0.15) is 0 Å². The molecule has 0 N–H and O–H groups in total. The maximum atomic E-state index is 13.5. The normalized spacial score (nSPS) is 27.3. The smallest absolute Gasteiger partial charge is 0.165 e. The highest BCUT2D eigenvalue weighted by atomic mass is 79.9. The van der Waals surface area contributed by atoms with Crippen LogP contribution >= 0.6 is 31.9 Å². The standard InChI is InChI=1S/C12H13Br2FO/c1-12(2)10(14)6-11(12)16-9-5-7(13)3-4-8(9)15/h3-5,10-11H,6H2,1-2H3. The second-order valence-electron chi connectivity index (χ2n) is 4.71. The molecule has 0 saturated heterocycles. The summed E-state index contributed by atoms with van der Waals surface area (Å²) >= 11 is 6.90. The fourth-order valence-electron chi connectivity index (χ4n) is 1.76. The van der Waals surface area contributed by atoms with Crippen molar-refractivity contribution in [2.75, 3.05) is 0 Å². The molecule has 0 heterocycles. The van der Waals surface area contributed by atoms with E-state index < -0.39 is 0 Å². The molecule has 0 aromatic heterocycles. The molecule has 4 heteroatoms. The fourth-order valence-corrected chi connectivity index (χ4v) is 2.73. The molecule has 0 spiro atoms. The Kier molecular flexibility index (Phi) is 3.32. The summed E-state index contributed by atoms with van der Waals surface area (Å²) in [6.07, 6.45) is 0.986. The van der Waals surface area contributed by atoms with Crippen molar-refractivity contribution in [2.45, 2.75) is 31.2 Å². The summed E-state index contributed by atoms with van der Waals surface area (Å²) in [5.74, 6) is 0.0175. The highest BCUT2D eigenvalue weighted by Crippen LogP contribution is 2.47. The third-order valence-electron chi connectivity index (χ3n) is 3.22. The second-order valence-corrected chi connectivity index (χ2v) is 6.73. The van der Waals surface area contributed by atoms with E-state index in [2.05, 4.69) is 45.7 Å². The van der Waals surface area contributed by atoms with Crippen LogP contribution in [-0.2, 0) is 0 Å². The minimum atomic E-state index is -0.308. The van der Waals surface area contributed by atoms with Crippen LogP contribution < -0.4 is 4.74 Å². The van der Waals surface area contributed by atoms with Gasteiger partial charge in [0.15, 0.2) is 11.6 Å². The van der Waals surface area contributed by atoms with Gasteiger partial charge in [0.1, 0.15) is 6.10 Å². The summed E-state index contributed by atoms with van der Waals surface area (Å²) in [6, 6.07) is 4.76. The molecular weight excluding hydrogens is 339 g/mol. The van der Waals surface area contributed by atoms with Crippen molar-refractivity contribution in [1.29, 1.82) is 0 Å². The molecule has 1 nitrogen and oxygen atoms in total. The first kappa shape index (κ1) is 12.4. The Balaban J connectivity index is 2.13. The van der Waals surface area contributed by atoms with Crippen LogP contribution in [0.1, 0.15) is 20.3 Å². The Hall–Kier alpha value is -0.0900. The first-order chi connectivity index (χ1) is 7.41. The van der Waals surface area contributed by atoms with Gasteiger partial charge < -0.3 is 4.74 Å². The lowest BCUT2D eigenvalue weighted by atomic mass is 9.69. The zero-order valence-electron chi connectivity index (χ0n) is 9.14. The molecule has 0 bridgehead atoms. The monoisotopic (exact) mass is 350 g/mol. The van der Waals surface area contributed by atoms with Crippen molar-refractivity contribution < 1.29 is 9.13 Å². The van der Waals surface area contributed by atoms with E-state index in [1.54, 1.807) is 12.1 Å². The Morgan fingerprint density at radius 2 is 2.12 bits per heavy atom. The zero-order chi connectivity index (χ0) is 11.9. The molecular formula is C12H13Br2FO. The van der Waals surface area contributed by atoms with E-state index in [0.29, 0.717) is 10.6 Å². The Morgan fingerprint density at radius 1 is 1.44 bits per heavy atom. The summed E-state index contributed by atoms with van der Waals surface area (Å²) in [7, 11) is 0. The number of hydrogen-bond donors (Lipinski definition) is 0. The summed E-state index contributed by atoms with van der Waals surface area (Å²) in [5, 5.41) is 0. The average Bonchev–Trinajstić information content (AvgIpc) is 2.23. The third-order valence-corrected chi connectivity index (χ3v) is 5.27. The minimum absolute atomic E-state index is 0.0504. The molecule has 1 aromatic rings. The molecule has 1 aromatic carbocycles. The van der Waals surface area contributed by atoms with Crippen LogP contribution in [0.25, 0.3) is 0 Å². The zero-order valence-corrected chi connectivity index (χ0v) is 12.3. The number of hydrogen-bond acceptors (Lipinski definition) is 1. The molecule has 88 valence electrons. The number of benzene rings is 1. The lowest BCUT2D eigenvalue weighted by Gasteiger charge is -2.48. The number of alkyl halides is 1. The van der Waals surface area contributed by atoms with Gasteiger partial charge in [-0.15, -0.1) is 0 Å². The summed E-state index contributed by atoms with van der Waals surface area (Å²) in [6.45, 7) is 4.24. The maximum Gasteiger partial charge on any atom is 0.165 e. The average molecular weight is 352 g/mol. The maximum absolute atomic E-state index is 13.5. The first-order valence-electron chi connectivity index (χ1n) is 5.17. The fraction of sp³-hybridized carbons (Fsp3) is 0.500. The molecule has 1 aliphatic rings. The Labute approximate surface area is 112 Å². The van der Waals surface area contributed by atoms with E-state index in [1.807, 2.05) is 0 Å². The van der Waals surface area contributed by atoms with Crippen molar-refractivity contribution in [3.05, 3.63) is 28.5 Å². The Morgan fingerprint density at radius 3 is 2.69 bits per heavy atom. The van der Waals surface area contributed by atoms with Crippen LogP contribution in [0.5, 0.6) is 5.75 Å². The summed E-state index contributed by atoms with van der Waals surface area (Å²) in [4.78, 5) is 0.445. The van der Waals surface area contributed by atoms with E-state index >= 15 is 0 Å². The predicted octanol–water partition coefficient (Wildman–Crippen LogP) is 4.53.